The topological polar surface area (TPSA) is 17.0 Å². The molecule has 1 aromatic heterocycles. The van der Waals surface area contributed by atoms with Gasteiger partial charge in [0.1, 0.15) is 0 Å². The van der Waals surface area contributed by atoms with Crippen molar-refractivity contribution in [3.05, 3.63) is 176 Å². The Balaban J connectivity index is 1.05. The van der Waals surface area contributed by atoms with E-state index in [9.17, 15) is 0 Å². The fraction of sp³-hybridized carbons (Fsp3) is 0. The van der Waals surface area contributed by atoms with Crippen LogP contribution < -0.4 is 5.32 Å². The number of aromatic nitrogens is 1. The number of para-hydroxylation sites is 2. The summed E-state index contributed by atoms with van der Waals surface area (Å²) in [7, 11) is 0. The molecule has 1 N–H and O–H groups in total. The summed E-state index contributed by atoms with van der Waals surface area (Å²) in [5, 5.41) is 6.10. The fourth-order valence-electron chi connectivity index (χ4n) is 6.18. The predicted molar refractivity (Wildman–Crippen MR) is 187 cm³/mol. The summed E-state index contributed by atoms with van der Waals surface area (Å²) in [6, 6.07) is 62.7. The Bertz CT molecular complexity index is 2210. The molecule has 0 bridgehead atoms. The molecule has 0 aliphatic rings. The maximum Gasteiger partial charge on any atom is 0.0541 e. The molecule has 2 heteroatoms. The lowest BCUT2D eigenvalue weighted by Crippen LogP contribution is -1.92. The first-order valence-electron chi connectivity index (χ1n) is 15.0. The van der Waals surface area contributed by atoms with Crippen LogP contribution in [-0.2, 0) is 0 Å². The molecule has 208 valence electrons. The van der Waals surface area contributed by atoms with E-state index in [2.05, 4.69) is 180 Å². The molecule has 0 fully saturated rings. The van der Waals surface area contributed by atoms with Crippen LogP contribution in [0.25, 0.3) is 60.9 Å². The highest BCUT2D eigenvalue weighted by molar-refractivity contribution is 6.10. The van der Waals surface area contributed by atoms with E-state index >= 15 is 0 Å². The highest BCUT2D eigenvalue weighted by atomic mass is 15.0. The highest BCUT2D eigenvalue weighted by Gasteiger charge is 2.13. The van der Waals surface area contributed by atoms with Gasteiger partial charge in [-0.1, -0.05) is 121 Å². The summed E-state index contributed by atoms with van der Waals surface area (Å²) in [4.78, 5) is 0. The molecule has 0 saturated carbocycles. The molecule has 7 aromatic carbocycles. The molecule has 0 amide bonds. The first kappa shape index (κ1) is 25.8. The number of hydrogen-bond acceptors (Lipinski definition) is 1. The second kappa shape index (κ2) is 11.1. The van der Waals surface area contributed by atoms with E-state index in [1.165, 1.54) is 60.9 Å². The zero-order valence-corrected chi connectivity index (χ0v) is 24.2. The molecule has 8 aromatic rings. The van der Waals surface area contributed by atoms with Gasteiger partial charge in [-0.2, -0.15) is 0 Å². The molecule has 0 aliphatic carbocycles. The molecular weight excluding hydrogens is 532 g/mol. The SMILES string of the molecule is c1ccc(-c2cccc(Nc3ccc(-c4ccc(-c5ccc6c(c5)c5ccccc5n6-c5ccccc5)cc4)cc3)c2)cc1. The lowest BCUT2D eigenvalue weighted by atomic mass is 9.99. The quantitative estimate of drug-likeness (QED) is 0.213. The van der Waals surface area contributed by atoms with E-state index in [0.29, 0.717) is 0 Å². The zero-order chi connectivity index (χ0) is 29.3. The zero-order valence-electron chi connectivity index (χ0n) is 24.2. The molecule has 0 radical (unpaired) electrons. The van der Waals surface area contributed by atoms with Gasteiger partial charge >= 0.3 is 0 Å². The molecule has 0 aliphatic heterocycles. The Morgan fingerprint density at radius 3 is 1.59 bits per heavy atom. The minimum Gasteiger partial charge on any atom is -0.356 e. The van der Waals surface area contributed by atoms with Crippen molar-refractivity contribution in [1.82, 2.24) is 4.57 Å². The summed E-state index contributed by atoms with van der Waals surface area (Å²) < 4.78 is 2.36. The van der Waals surface area contributed by atoms with Crippen LogP contribution in [0.3, 0.4) is 0 Å². The van der Waals surface area contributed by atoms with Crippen LogP contribution in [0.4, 0.5) is 11.4 Å². The Hall–Kier alpha value is -5.86. The molecular formula is C42H30N2. The number of nitrogens with zero attached hydrogens (tertiary/aromatic N) is 1. The van der Waals surface area contributed by atoms with Crippen molar-refractivity contribution in [2.24, 2.45) is 0 Å². The number of hydrogen-bond donors (Lipinski definition) is 1. The third kappa shape index (κ3) is 4.83. The lowest BCUT2D eigenvalue weighted by molar-refractivity contribution is 1.18. The standard InChI is InChI=1S/C42H30N2/c1-3-10-30(11-4-1)34-12-9-13-37(28-34)43-36-25-22-32(23-26-36)31-18-20-33(21-19-31)35-24-27-42-40(29-35)39-16-7-8-17-41(39)44(42)38-14-5-2-6-15-38/h1-29,43H. The second-order valence-electron chi connectivity index (χ2n) is 11.1. The van der Waals surface area contributed by atoms with Crippen LogP contribution in [-0.4, -0.2) is 4.57 Å². The van der Waals surface area contributed by atoms with Crippen LogP contribution in [0.5, 0.6) is 0 Å². The van der Waals surface area contributed by atoms with E-state index in [-0.39, 0.29) is 0 Å². The van der Waals surface area contributed by atoms with Crippen LogP contribution in [0, 0.1) is 0 Å². The molecule has 8 rings (SSSR count). The van der Waals surface area contributed by atoms with E-state index in [4.69, 9.17) is 0 Å². The Kier molecular flexibility index (Phi) is 6.51. The van der Waals surface area contributed by atoms with Gasteiger partial charge in [0.2, 0.25) is 0 Å². The van der Waals surface area contributed by atoms with Crippen LogP contribution in [0.2, 0.25) is 0 Å². The van der Waals surface area contributed by atoms with E-state index in [1.54, 1.807) is 0 Å². The first-order chi connectivity index (χ1) is 21.8. The van der Waals surface area contributed by atoms with Crippen molar-refractivity contribution in [3.63, 3.8) is 0 Å². The van der Waals surface area contributed by atoms with Gasteiger partial charge < -0.3 is 9.88 Å². The van der Waals surface area contributed by atoms with Gasteiger partial charge in [0.25, 0.3) is 0 Å². The summed E-state index contributed by atoms with van der Waals surface area (Å²) >= 11 is 0. The van der Waals surface area contributed by atoms with Crippen molar-refractivity contribution < 1.29 is 0 Å². The summed E-state index contributed by atoms with van der Waals surface area (Å²) in [5.74, 6) is 0. The Morgan fingerprint density at radius 1 is 0.318 bits per heavy atom. The van der Waals surface area contributed by atoms with E-state index in [1.807, 2.05) is 6.07 Å². The maximum absolute atomic E-state index is 3.56. The van der Waals surface area contributed by atoms with Crippen molar-refractivity contribution in [2.75, 3.05) is 5.32 Å². The average molecular weight is 563 g/mol. The molecule has 2 nitrogen and oxygen atoms in total. The number of benzene rings is 7. The number of anilines is 2. The fourth-order valence-corrected chi connectivity index (χ4v) is 6.18. The van der Waals surface area contributed by atoms with Gasteiger partial charge in [0.05, 0.1) is 11.0 Å². The van der Waals surface area contributed by atoms with E-state index < -0.39 is 0 Å². The van der Waals surface area contributed by atoms with Gasteiger partial charge in [-0.05, 0) is 88.0 Å². The van der Waals surface area contributed by atoms with Gasteiger partial charge in [0, 0.05) is 27.8 Å². The predicted octanol–water partition coefficient (Wildman–Crippen LogP) is 11.5. The Labute approximate surface area is 257 Å². The van der Waals surface area contributed by atoms with Crippen LogP contribution >= 0.6 is 0 Å². The minimum absolute atomic E-state index is 1.07. The summed E-state index contributed by atoms with van der Waals surface area (Å²) in [6.07, 6.45) is 0. The molecule has 0 spiro atoms. The summed E-state index contributed by atoms with van der Waals surface area (Å²) in [5.41, 5.74) is 13.0. The molecule has 44 heavy (non-hydrogen) atoms. The number of nitrogens with one attached hydrogen (secondary N) is 1. The van der Waals surface area contributed by atoms with Gasteiger partial charge in [-0.15, -0.1) is 0 Å². The second-order valence-corrected chi connectivity index (χ2v) is 11.1. The summed E-state index contributed by atoms with van der Waals surface area (Å²) in [6.45, 7) is 0. The third-order valence-electron chi connectivity index (χ3n) is 8.38. The maximum atomic E-state index is 3.56. The average Bonchev–Trinajstić information content (AvgIpc) is 3.43. The van der Waals surface area contributed by atoms with Crippen LogP contribution in [0.1, 0.15) is 0 Å². The number of fused-ring (bicyclic) bond motifs is 3. The monoisotopic (exact) mass is 562 g/mol. The van der Waals surface area contributed by atoms with Crippen molar-refractivity contribution in [1.29, 1.82) is 0 Å². The smallest absolute Gasteiger partial charge is 0.0541 e. The normalized spacial score (nSPS) is 11.2. The van der Waals surface area contributed by atoms with Crippen molar-refractivity contribution in [2.45, 2.75) is 0 Å². The largest absolute Gasteiger partial charge is 0.356 e. The Morgan fingerprint density at radius 2 is 0.841 bits per heavy atom. The minimum atomic E-state index is 1.07. The highest BCUT2D eigenvalue weighted by Crippen LogP contribution is 2.35. The van der Waals surface area contributed by atoms with Gasteiger partial charge in [-0.3, -0.25) is 0 Å². The molecule has 0 saturated heterocycles. The lowest BCUT2D eigenvalue weighted by Gasteiger charge is -2.10. The molecule has 0 unspecified atom stereocenters. The van der Waals surface area contributed by atoms with Crippen LogP contribution in [0.15, 0.2) is 176 Å². The third-order valence-corrected chi connectivity index (χ3v) is 8.38. The molecule has 1 heterocycles. The van der Waals surface area contributed by atoms with Crippen molar-refractivity contribution in [3.8, 4) is 39.1 Å². The number of rotatable bonds is 6. The van der Waals surface area contributed by atoms with E-state index in [0.717, 1.165) is 11.4 Å². The van der Waals surface area contributed by atoms with Gasteiger partial charge in [0.15, 0.2) is 0 Å². The first-order valence-corrected chi connectivity index (χ1v) is 15.0. The molecule has 0 atom stereocenters. The van der Waals surface area contributed by atoms with Crippen molar-refractivity contribution >= 4 is 33.2 Å². The van der Waals surface area contributed by atoms with Gasteiger partial charge in [-0.25, -0.2) is 0 Å².